The molecule has 2 fully saturated rings. The average Bonchev–Trinajstić information content (AvgIpc) is 2.57. The maximum absolute atomic E-state index is 9.80. The molecule has 2 aliphatic rings. The standard InChI is InChI=1S/C7H13NO4/c8-2-7(10)3-12-5-4(9)1-11-6(5)7/h4-6,9-10H,1-3,8H2/t4-,5-,6+,7-/m1/s1. The first-order chi connectivity index (χ1) is 5.67. The molecule has 4 N–H and O–H groups in total. The van der Waals surface area contributed by atoms with Crippen LogP contribution in [0.1, 0.15) is 0 Å². The van der Waals surface area contributed by atoms with Gasteiger partial charge in [0.25, 0.3) is 0 Å². The summed E-state index contributed by atoms with van der Waals surface area (Å²) in [5.41, 5.74) is 4.27. The maximum Gasteiger partial charge on any atom is 0.129 e. The van der Waals surface area contributed by atoms with Crippen molar-refractivity contribution in [3.05, 3.63) is 0 Å². The first-order valence-electron chi connectivity index (χ1n) is 4.01. The molecule has 12 heavy (non-hydrogen) atoms. The van der Waals surface area contributed by atoms with Gasteiger partial charge >= 0.3 is 0 Å². The van der Waals surface area contributed by atoms with Crippen molar-refractivity contribution in [2.24, 2.45) is 5.73 Å². The second-order valence-corrected chi connectivity index (χ2v) is 3.40. The highest BCUT2D eigenvalue weighted by molar-refractivity contribution is 5.04. The molecule has 70 valence electrons. The molecule has 0 saturated carbocycles. The molecule has 0 aliphatic carbocycles. The Bertz CT molecular complexity index is 188. The lowest BCUT2D eigenvalue weighted by atomic mass is 9.96. The molecule has 0 aromatic carbocycles. The molecule has 0 aromatic rings. The van der Waals surface area contributed by atoms with Crippen molar-refractivity contribution in [1.82, 2.24) is 0 Å². The molecule has 0 unspecified atom stereocenters. The predicted octanol–water partition coefficient (Wildman–Crippen LogP) is -2.17. The summed E-state index contributed by atoms with van der Waals surface area (Å²) in [6.45, 7) is 0.467. The summed E-state index contributed by atoms with van der Waals surface area (Å²) in [5, 5.41) is 19.1. The summed E-state index contributed by atoms with van der Waals surface area (Å²) in [6, 6.07) is 0. The monoisotopic (exact) mass is 175 g/mol. The number of fused-ring (bicyclic) bond motifs is 1. The van der Waals surface area contributed by atoms with E-state index in [1.807, 2.05) is 0 Å². The van der Waals surface area contributed by atoms with E-state index < -0.39 is 23.9 Å². The lowest BCUT2D eigenvalue weighted by Gasteiger charge is -2.24. The van der Waals surface area contributed by atoms with Gasteiger partial charge in [0, 0.05) is 6.54 Å². The van der Waals surface area contributed by atoms with Gasteiger partial charge in [-0.05, 0) is 0 Å². The van der Waals surface area contributed by atoms with Crippen molar-refractivity contribution in [3.8, 4) is 0 Å². The Hall–Kier alpha value is -0.200. The molecule has 0 radical (unpaired) electrons. The number of rotatable bonds is 1. The third-order valence-electron chi connectivity index (χ3n) is 2.53. The smallest absolute Gasteiger partial charge is 0.129 e. The number of hydrogen-bond donors (Lipinski definition) is 3. The molecule has 2 aliphatic heterocycles. The van der Waals surface area contributed by atoms with Crippen LogP contribution in [0.3, 0.4) is 0 Å². The third-order valence-corrected chi connectivity index (χ3v) is 2.53. The second-order valence-electron chi connectivity index (χ2n) is 3.40. The van der Waals surface area contributed by atoms with E-state index in [1.165, 1.54) is 0 Å². The van der Waals surface area contributed by atoms with Crippen molar-refractivity contribution in [1.29, 1.82) is 0 Å². The minimum Gasteiger partial charge on any atom is -0.388 e. The summed E-state index contributed by atoms with van der Waals surface area (Å²) in [7, 11) is 0. The fraction of sp³-hybridized carbons (Fsp3) is 1.00. The highest BCUT2D eigenvalue weighted by Gasteiger charge is 2.54. The van der Waals surface area contributed by atoms with Crippen LogP contribution < -0.4 is 5.73 Å². The molecule has 0 amide bonds. The zero-order valence-electron chi connectivity index (χ0n) is 6.64. The van der Waals surface area contributed by atoms with Gasteiger partial charge in [0.2, 0.25) is 0 Å². The molecular weight excluding hydrogens is 162 g/mol. The topological polar surface area (TPSA) is 84.9 Å². The van der Waals surface area contributed by atoms with Gasteiger partial charge in [-0.3, -0.25) is 0 Å². The van der Waals surface area contributed by atoms with Gasteiger partial charge in [-0.1, -0.05) is 0 Å². The number of nitrogens with two attached hydrogens (primary N) is 1. The number of hydrogen-bond acceptors (Lipinski definition) is 5. The highest BCUT2D eigenvalue weighted by Crippen LogP contribution is 2.33. The summed E-state index contributed by atoms with van der Waals surface area (Å²) in [4.78, 5) is 0. The molecule has 2 rings (SSSR count). The second kappa shape index (κ2) is 2.65. The van der Waals surface area contributed by atoms with Gasteiger partial charge < -0.3 is 25.4 Å². The molecule has 0 aromatic heterocycles. The lowest BCUT2D eigenvalue weighted by molar-refractivity contribution is -0.0627. The molecule has 0 bridgehead atoms. The van der Waals surface area contributed by atoms with Crippen LogP contribution >= 0.6 is 0 Å². The normalized spacial score (nSPS) is 52.8. The van der Waals surface area contributed by atoms with Gasteiger partial charge in [-0.2, -0.15) is 0 Å². The Balaban J connectivity index is 2.15. The summed E-state index contributed by atoms with van der Waals surface area (Å²) in [5.74, 6) is 0. The molecule has 0 spiro atoms. The van der Waals surface area contributed by atoms with Crippen molar-refractivity contribution >= 4 is 0 Å². The Morgan fingerprint density at radius 1 is 1.50 bits per heavy atom. The van der Waals surface area contributed by atoms with Crippen molar-refractivity contribution in [2.45, 2.75) is 23.9 Å². The molecule has 5 nitrogen and oxygen atoms in total. The molecule has 2 saturated heterocycles. The molecular formula is C7H13NO4. The SMILES string of the molecule is NC[C@@]1(O)CO[C@@H]2[C@H](O)CO[C@@H]21. The van der Waals surface area contributed by atoms with Crippen molar-refractivity contribution in [3.63, 3.8) is 0 Å². The molecule has 2 heterocycles. The Kier molecular flexibility index (Phi) is 1.85. The Morgan fingerprint density at radius 3 is 2.92 bits per heavy atom. The van der Waals surface area contributed by atoms with Crippen LogP contribution in [0, 0.1) is 0 Å². The van der Waals surface area contributed by atoms with E-state index in [2.05, 4.69) is 0 Å². The van der Waals surface area contributed by atoms with Crippen molar-refractivity contribution < 1.29 is 19.7 Å². The zero-order chi connectivity index (χ0) is 8.77. The van der Waals surface area contributed by atoms with E-state index in [0.29, 0.717) is 0 Å². The quantitative estimate of drug-likeness (QED) is 0.422. The van der Waals surface area contributed by atoms with Gasteiger partial charge in [0.15, 0.2) is 0 Å². The third kappa shape index (κ3) is 0.982. The van der Waals surface area contributed by atoms with Crippen LogP contribution in [0.4, 0.5) is 0 Å². The Morgan fingerprint density at radius 2 is 2.25 bits per heavy atom. The highest BCUT2D eigenvalue weighted by atomic mass is 16.6. The minimum atomic E-state index is -1.11. The summed E-state index contributed by atoms with van der Waals surface area (Å²) < 4.78 is 10.4. The van der Waals surface area contributed by atoms with Crippen molar-refractivity contribution in [2.75, 3.05) is 19.8 Å². The molecule has 5 heteroatoms. The largest absolute Gasteiger partial charge is 0.388 e. The average molecular weight is 175 g/mol. The fourth-order valence-electron chi connectivity index (χ4n) is 1.75. The fourth-order valence-corrected chi connectivity index (χ4v) is 1.75. The Labute approximate surface area is 70.1 Å². The van der Waals surface area contributed by atoms with Gasteiger partial charge in [-0.25, -0.2) is 0 Å². The van der Waals surface area contributed by atoms with Crippen LogP contribution in [0.5, 0.6) is 0 Å². The van der Waals surface area contributed by atoms with Crippen LogP contribution in [0.2, 0.25) is 0 Å². The van der Waals surface area contributed by atoms with Gasteiger partial charge in [-0.15, -0.1) is 0 Å². The van der Waals surface area contributed by atoms with E-state index in [-0.39, 0.29) is 19.8 Å². The number of ether oxygens (including phenoxy) is 2. The number of aliphatic hydroxyl groups is 2. The minimum absolute atomic E-state index is 0.0981. The molecule has 4 atom stereocenters. The first kappa shape index (κ1) is 8.40. The van der Waals surface area contributed by atoms with Crippen LogP contribution in [0.15, 0.2) is 0 Å². The van der Waals surface area contributed by atoms with E-state index in [0.717, 1.165) is 0 Å². The summed E-state index contributed by atoms with van der Waals surface area (Å²) >= 11 is 0. The first-order valence-corrected chi connectivity index (χ1v) is 4.01. The predicted molar refractivity (Wildman–Crippen MR) is 39.5 cm³/mol. The lowest BCUT2D eigenvalue weighted by Crippen LogP contribution is -2.49. The van der Waals surface area contributed by atoms with E-state index in [9.17, 15) is 10.2 Å². The van der Waals surface area contributed by atoms with Crippen LogP contribution in [-0.2, 0) is 9.47 Å². The number of aliphatic hydroxyl groups excluding tert-OH is 1. The van der Waals surface area contributed by atoms with E-state index in [1.54, 1.807) is 0 Å². The zero-order valence-corrected chi connectivity index (χ0v) is 6.64. The maximum atomic E-state index is 9.80. The van der Waals surface area contributed by atoms with E-state index in [4.69, 9.17) is 15.2 Å². The van der Waals surface area contributed by atoms with Crippen LogP contribution in [-0.4, -0.2) is 53.9 Å². The van der Waals surface area contributed by atoms with Gasteiger partial charge in [0.05, 0.1) is 13.2 Å². The summed E-state index contributed by atoms with van der Waals surface area (Å²) in [6.07, 6.45) is -1.49. The van der Waals surface area contributed by atoms with E-state index >= 15 is 0 Å². The van der Waals surface area contributed by atoms with Crippen LogP contribution in [0.25, 0.3) is 0 Å². The van der Waals surface area contributed by atoms with Gasteiger partial charge in [0.1, 0.15) is 23.9 Å².